The Morgan fingerprint density at radius 1 is 1.15 bits per heavy atom. The maximum Gasteiger partial charge on any atom is 0.306 e. The maximum absolute atomic E-state index is 12.1. The topological polar surface area (TPSA) is 89.8 Å². The summed E-state index contributed by atoms with van der Waals surface area (Å²) >= 11 is 0. The molecule has 0 heterocycles. The number of methoxy groups -OCH3 is 1. The van der Waals surface area contributed by atoms with Gasteiger partial charge in [0.05, 0.1) is 37.0 Å². The van der Waals surface area contributed by atoms with E-state index in [1.165, 1.54) is 0 Å². The van der Waals surface area contributed by atoms with Crippen molar-refractivity contribution in [2.45, 2.75) is 44.9 Å². The third-order valence-electron chi connectivity index (χ3n) is 5.15. The highest BCUT2D eigenvalue weighted by molar-refractivity contribution is 6.76. The second kappa shape index (κ2) is 13.7. The van der Waals surface area contributed by atoms with Crippen LogP contribution in [0.25, 0.3) is 0 Å². The lowest BCUT2D eigenvalue weighted by atomic mass is 9.95. The molecule has 0 aliphatic heterocycles. The second-order valence-electron chi connectivity index (χ2n) is 9.21. The first-order valence-electron chi connectivity index (χ1n) is 11.5. The molecule has 0 radical (unpaired) electrons. The molecule has 2 rings (SSSR count). The van der Waals surface area contributed by atoms with Gasteiger partial charge in [-0.1, -0.05) is 25.7 Å². The first kappa shape index (κ1) is 27.4. The number of nitriles is 1. The van der Waals surface area contributed by atoms with Crippen LogP contribution in [0.3, 0.4) is 0 Å². The third-order valence-corrected chi connectivity index (χ3v) is 6.85. The van der Waals surface area contributed by atoms with Gasteiger partial charge in [-0.15, -0.1) is 0 Å². The van der Waals surface area contributed by atoms with Crippen molar-refractivity contribution in [3.8, 4) is 11.8 Å². The Bertz CT molecular complexity index is 951. The Morgan fingerprint density at radius 3 is 2.50 bits per heavy atom. The summed E-state index contributed by atoms with van der Waals surface area (Å²) in [5.74, 6) is 0.211. The molecule has 2 aromatic rings. The Morgan fingerprint density at radius 2 is 1.88 bits per heavy atom. The molecule has 7 nitrogen and oxygen atoms in total. The number of rotatable bonds is 14. The van der Waals surface area contributed by atoms with E-state index in [-0.39, 0.29) is 25.1 Å². The Hall–Kier alpha value is -2.86. The van der Waals surface area contributed by atoms with Crippen molar-refractivity contribution in [3.63, 3.8) is 0 Å². The molecule has 34 heavy (non-hydrogen) atoms. The van der Waals surface area contributed by atoms with E-state index in [0.29, 0.717) is 31.1 Å². The molecular formula is C26H36N2O5Si. The molecule has 0 spiro atoms. The minimum Gasteiger partial charge on any atom is -0.466 e. The molecule has 0 fully saturated rings. The average molecular weight is 485 g/mol. The molecule has 0 aliphatic carbocycles. The summed E-state index contributed by atoms with van der Waals surface area (Å²) in [6.45, 7) is 10.3. The summed E-state index contributed by atoms with van der Waals surface area (Å²) < 4.78 is 22.2. The van der Waals surface area contributed by atoms with Crippen LogP contribution in [0.15, 0.2) is 42.5 Å². The summed E-state index contributed by atoms with van der Waals surface area (Å²) in [7, 11) is 0.445. The van der Waals surface area contributed by atoms with E-state index in [1.807, 2.05) is 30.3 Å². The minimum atomic E-state index is -1.17. The molecule has 184 valence electrons. The first-order valence-corrected chi connectivity index (χ1v) is 15.2. The zero-order valence-electron chi connectivity index (χ0n) is 20.8. The van der Waals surface area contributed by atoms with Gasteiger partial charge in [0.1, 0.15) is 5.75 Å². The van der Waals surface area contributed by atoms with E-state index in [9.17, 15) is 4.79 Å². The molecule has 0 aromatic heterocycles. The minimum absolute atomic E-state index is 0.149. The van der Waals surface area contributed by atoms with Gasteiger partial charge in [-0.3, -0.25) is 4.79 Å². The van der Waals surface area contributed by atoms with E-state index in [2.05, 4.69) is 31.0 Å². The number of nitrogens with one attached hydrogen (secondary N) is 1. The highest BCUT2D eigenvalue weighted by Gasteiger charge is 2.19. The van der Waals surface area contributed by atoms with Gasteiger partial charge in [0.25, 0.3) is 0 Å². The van der Waals surface area contributed by atoms with Crippen LogP contribution in [-0.4, -0.2) is 47.8 Å². The summed E-state index contributed by atoms with van der Waals surface area (Å²) in [4.78, 5) is 12.1. The summed E-state index contributed by atoms with van der Waals surface area (Å²) in [5.41, 5.74) is 3.06. The van der Waals surface area contributed by atoms with Crippen LogP contribution < -0.4 is 10.1 Å². The lowest BCUT2D eigenvalue weighted by molar-refractivity contribution is -0.143. The van der Waals surface area contributed by atoms with Crippen molar-refractivity contribution >= 4 is 25.4 Å². The van der Waals surface area contributed by atoms with E-state index in [4.69, 9.17) is 24.2 Å². The molecule has 1 N–H and O–H groups in total. The fraction of sp³-hybridized carbons (Fsp3) is 0.462. The number of ether oxygens (including phenoxy) is 4. The predicted molar refractivity (Wildman–Crippen MR) is 136 cm³/mol. The lowest BCUT2D eigenvalue weighted by Gasteiger charge is -2.20. The highest BCUT2D eigenvalue weighted by atomic mass is 28.3. The largest absolute Gasteiger partial charge is 0.466 e. The van der Waals surface area contributed by atoms with Crippen LogP contribution in [0.2, 0.25) is 25.7 Å². The summed E-state index contributed by atoms with van der Waals surface area (Å²) in [6.07, 6.45) is 0.220. The molecule has 2 aromatic carbocycles. The Balaban J connectivity index is 2.23. The normalized spacial score (nSPS) is 12.0. The van der Waals surface area contributed by atoms with E-state index in [1.54, 1.807) is 26.2 Å². The number of benzene rings is 2. The SMILES string of the molecule is CCOC(=O)CC(COC)c1ccc(OCOCC[Si](C)(C)C)c(Nc2ccc(C#N)cc2)c1. The molecule has 0 saturated heterocycles. The molecule has 0 bridgehead atoms. The second-order valence-corrected chi connectivity index (χ2v) is 14.8. The summed E-state index contributed by atoms with van der Waals surface area (Å²) in [6, 6.07) is 16.1. The van der Waals surface area contributed by atoms with Crippen molar-refractivity contribution < 1.29 is 23.7 Å². The van der Waals surface area contributed by atoms with Crippen molar-refractivity contribution in [3.05, 3.63) is 53.6 Å². The van der Waals surface area contributed by atoms with Crippen LogP contribution in [0, 0.1) is 11.3 Å². The number of nitrogens with zero attached hydrogens (tertiary/aromatic N) is 1. The lowest BCUT2D eigenvalue weighted by Crippen LogP contribution is -2.22. The van der Waals surface area contributed by atoms with Gasteiger partial charge in [0.2, 0.25) is 0 Å². The Labute approximate surface area is 204 Å². The standard InChI is InChI=1S/C26H36N2O5Si/c1-6-32-26(29)16-22(18-30-2)21-9-12-25(33-19-31-13-14-34(3,4)5)24(15-21)28-23-10-7-20(17-27)8-11-23/h7-12,15,22,28H,6,13-14,16,18-19H2,1-5H3. The number of anilines is 2. The van der Waals surface area contributed by atoms with Crippen LogP contribution in [-0.2, 0) is 19.0 Å². The van der Waals surface area contributed by atoms with Crippen LogP contribution in [0.1, 0.15) is 30.4 Å². The fourth-order valence-electron chi connectivity index (χ4n) is 3.25. The number of carbonyl (C=O) groups excluding carboxylic acids is 1. The predicted octanol–water partition coefficient (Wildman–Crippen LogP) is 5.68. The Kier molecular flexibility index (Phi) is 11.1. The van der Waals surface area contributed by atoms with Crippen LogP contribution >= 0.6 is 0 Å². The van der Waals surface area contributed by atoms with E-state index < -0.39 is 8.07 Å². The maximum atomic E-state index is 12.1. The number of esters is 1. The van der Waals surface area contributed by atoms with Crippen molar-refractivity contribution in [2.75, 3.05) is 39.0 Å². The summed E-state index contributed by atoms with van der Waals surface area (Å²) in [5, 5.41) is 12.4. The van der Waals surface area contributed by atoms with Gasteiger partial charge in [-0.2, -0.15) is 5.26 Å². The highest BCUT2D eigenvalue weighted by Crippen LogP contribution is 2.33. The first-order chi connectivity index (χ1) is 16.3. The number of carbonyl (C=O) groups is 1. The van der Waals surface area contributed by atoms with Gasteiger partial charge in [0.15, 0.2) is 6.79 Å². The van der Waals surface area contributed by atoms with Gasteiger partial charge in [0, 0.05) is 33.4 Å². The molecule has 0 aliphatic rings. The molecule has 0 amide bonds. The number of hydrogen-bond acceptors (Lipinski definition) is 7. The van der Waals surface area contributed by atoms with Gasteiger partial charge >= 0.3 is 5.97 Å². The van der Waals surface area contributed by atoms with Crippen LogP contribution in [0.5, 0.6) is 5.75 Å². The van der Waals surface area contributed by atoms with Gasteiger partial charge in [-0.25, -0.2) is 0 Å². The fourth-order valence-corrected chi connectivity index (χ4v) is 4.00. The molecule has 1 unspecified atom stereocenters. The molecule has 8 heteroatoms. The zero-order valence-corrected chi connectivity index (χ0v) is 21.8. The van der Waals surface area contributed by atoms with Crippen molar-refractivity contribution in [1.29, 1.82) is 5.26 Å². The van der Waals surface area contributed by atoms with Crippen molar-refractivity contribution in [1.82, 2.24) is 0 Å². The van der Waals surface area contributed by atoms with Gasteiger partial charge in [-0.05, 0) is 54.9 Å². The van der Waals surface area contributed by atoms with E-state index >= 15 is 0 Å². The van der Waals surface area contributed by atoms with Crippen LogP contribution in [0.4, 0.5) is 11.4 Å². The third kappa shape index (κ3) is 9.55. The molecule has 0 saturated carbocycles. The zero-order chi connectivity index (χ0) is 25.0. The molecular weight excluding hydrogens is 448 g/mol. The average Bonchev–Trinajstić information content (AvgIpc) is 2.79. The monoisotopic (exact) mass is 484 g/mol. The smallest absolute Gasteiger partial charge is 0.306 e. The van der Waals surface area contributed by atoms with Gasteiger partial charge < -0.3 is 24.3 Å². The van der Waals surface area contributed by atoms with Crippen molar-refractivity contribution in [2.24, 2.45) is 0 Å². The van der Waals surface area contributed by atoms with E-state index in [0.717, 1.165) is 23.0 Å². The number of hydrogen-bond donors (Lipinski definition) is 1. The molecule has 1 atom stereocenters. The quantitative estimate of drug-likeness (QED) is 0.160.